The van der Waals surface area contributed by atoms with Gasteiger partial charge in [-0.1, -0.05) is 35.1 Å². The summed E-state index contributed by atoms with van der Waals surface area (Å²) in [6.45, 7) is 3.26. The lowest BCUT2D eigenvalue weighted by Crippen LogP contribution is -2.15. The summed E-state index contributed by atoms with van der Waals surface area (Å²) in [6, 6.07) is 7.77. The van der Waals surface area contributed by atoms with Gasteiger partial charge in [-0.2, -0.15) is 5.10 Å². The molecule has 0 aliphatic rings. The first-order valence-corrected chi connectivity index (χ1v) is 9.62. The first kappa shape index (κ1) is 17.1. The third kappa shape index (κ3) is 3.10. The van der Waals surface area contributed by atoms with E-state index in [1.165, 1.54) is 16.8 Å². The van der Waals surface area contributed by atoms with Crippen molar-refractivity contribution in [3.05, 3.63) is 53.4 Å². The van der Waals surface area contributed by atoms with Crippen molar-refractivity contribution in [2.75, 3.05) is 0 Å². The van der Waals surface area contributed by atoms with Crippen molar-refractivity contribution in [2.45, 2.75) is 28.6 Å². The van der Waals surface area contributed by atoms with Gasteiger partial charge in [-0.05, 0) is 37.6 Å². The first-order chi connectivity index (χ1) is 11.2. The number of aliphatic hydroxyl groups is 1. The summed E-state index contributed by atoms with van der Waals surface area (Å²) >= 11 is 6.99. The number of halogens is 1. The number of rotatable bonds is 4. The molecule has 1 N–H and O–H groups in total. The van der Waals surface area contributed by atoms with E-state index >= 15 is 0 Å². The van der Waals surface area contributed by atoms with E-state index in [-0.39, 0.29) is 14.3 Å². The second kappa shape index (κ2) is 5.96. The molecule has 0 saturated heterocycles. The number of hydrogen-bond acceptors (Lipinski definition) is 6. The molecule has 0 spiro atoms. The van der Waals surface area contributed by atoms with Gasteiger partial charge >= 0.3 is 0 Å². The van der Waals surface area contributed by atoms with Gasteiger partial charge in [-0.3, -0.25) is 0 Å². The summed E-state index contributed by atoms with van der Waals surface area (Å²) in [5.74, 6) is 0. The molecule has 3 aromatic rings. The Labute approximate surface area is 148 Å². The highest BCUT2D eigenvalue weighted by atomic mass is 35.5. The topological polar surface area (TPSA) is 85.1 Å². The van der Waals surface area contributed by atoms with Crippen molar-refractivity contribution < 1.29 is 13.5 Å². The predicted octanol–water partition coefficient (Wildman–Crippen LogP) is 3.04. The van der Waals surface area contributed by atoms with Crippen molar-refractivity contribution in [3.8, 4) is 5.13 Å². The highest BCUT2D eigenvalue weighted by Gasteiger charge is 2.27. The summed E-state index contributed by atoms with van der Waals surface area (Å²) in [6.07, 6.45) is 3.22. The number of sulfone groups is 1. The molecule has 3 rings (SSSR count). The van der Waals surface area contributed by atoms with Crippen molar-refractivity contribution in [2.24, 2.45) is 0 Å². The Bertz CT molecular complexity index is 957. The van der Waals surface area contributed by atoms with E-state index in [1.807, 2.05) is 0 Å². The van der Waals surface area contributed by atoms with Gasteiger partial charge in [0.15, 0.2) is 9.36 Å². The van der Waals surface area contributed by atoms with Crippen molar-refractivity contribution in [1.29, 1.82) is 0 Å². The fourth-order valence-electron chi connectivity index (χ4n) is 2.07. The Kier molecular flexibility index (Phi) is 4.25. The third-order valence-corrected chi connectivity index (χ3v) is 7.18. The molecule has 2 aromatic heterocycles. The lowest BCUT2D eigenvalue weighted by Gasteiger charge is -2.17. The smallest absolute Gasteiger partial charge is 0.219 e. The molecule has 0 aliphatic carbocycles. The van der Waals surface area contributed by atoms with E-state index in [9.17, 15) is 13.5 Å². The van der Waals surface area contributed by atoms with Gasteiger partial charge in [0.05, 0.1) is 10.5 Å². The Morgan fingerprint density at radius 3 is 2.46 bits per heavy atom. The summed E-state index contributed by atoms with van der Waals surface area (Å²) in [5.41, 5.74) is -0.424. The zero-order valence-corrected chi connectivity index (χ0v) is 15.2. The molecule has 2 heterocycles. The lowest BCUT2D eigenvalue weighted by atomic mass is 9.99. The highest BCUT2D eigenvalue weighted by molar-refractivity contribution is 7.93. The Hall–Kier alpha value is -1.74. The van der Waals surface area contributed by atoms with E-state index in [4.69, 9.17) is 11.6 Å². The minimum Gasteiger partial charge on any atom is -0.386 e. The van der Waals surface area contributed by atoms with Gasteiger partial charge in [-0.15, -0.1) is 0 Å². The van der Waals surface area contributed by atoms with Crippen LogP contribution in [-0.2, 0) is 15.4 Å². The van der Waals surface area contributed by atoms with Gasteiger partial charge in [0, 0.05) is 12.4 Å². The van der Waals surface area contributed by atoms with E-state index in [1.54, 1.807) is 44.4 Å². The molecule has 0 fully saturated rings. The minimum atomic E-state index is -3.80. The molecular weight excluding hydrogens is 370 g/mol. The third-order valence-electron chi connectivity index (χ3n) is 3.36. The molecule has 6 nitrogen and oxygen atoms in total. The standard InChI is InChI=1S/C15H14ClN3O3S2/c1-15(2,20)10-4-6-11(7-5-10)24(21,22)13-12(16)18-14(23-13)19-9-3-8-17-19/h3-9,20H,1-2H3. The number of hydrogen-bond donors (Lipinski definition) is 1. The monoisotopic (exact) mass is 383 g/mol. The fraction of sp³-hybridized carbons (Fsp3) is 0.200. The fourth-order valence-corrected chi connectivity index (χ4v) is 5.18. The molecule has 0 unspecified atom stereocenters. The van der Waals surface area contributed by atoms with Crippen LogP contribution in [0.3, 0.4) is 0 Å². The zero-order valence-electron chi connectivity index (χ0n) is 12.8. The van der Waals surface area contributed by atoms with Crippen molar-refractivity contribution in [1.82, 2.24) is 14.8 Å². The van der Waals surface area contributed by atoms with Crippen molar-refractivity contribution >= 4 is 32.8 Å². The molecule has 0 aliphatic heterocycles. The van der Waals surface area contributed by atoms with E-state index in [0.717, 1.165) is 11.3 Å². The van der Waals surface area contributed by atoms with Crippen LogP contribution in [-0.4, -0.2) is 28.3 Å². The molecule has 0 radical (unpaired) electrons. The summed E-state index contributed by atoms with van der Waals surface area (Å²) < 4.78 is 27.0. The minimum absolute atomic E-state index is 0.0364. The molecule has 0 atom stereocenters. The SMILES string of the molecule is CC(C)(O)c1ccc(S(=O)(=O)c2sc(-n3cccn3)nc2Cl)cc1. The van der Waals surface area contributed by atoms with Crippen molar-refractivity contribution in [3.63, 3.8) is 0 Å². The quantitative estimate of drug-likeness (QED) is 0.748. The van der Waals surface area contributed by atoms with Gasteiger partial charge < -0.3 is 5.11 Å². The van der Waals surface area contributed by atoms with E-state index in [0.29, 0.717) is 10.7 Å². The predicted molar refractivity (Wildman–Crippen MR) is 91.4 cm³/mol. The zero-order chi connectivity index (χ0) is 17.5. The largest absolute Gasteiger partial charge is 0.386 e. The average molecular weight is 384 g/mol. The van der Waals surface area contributed by atoms with Crippen LogP contribution in [0, 0.1) is 0 Å². The maximum absolute atomic E-state index is 12.8. The van der Waals surface area contributed by atoms with Gasteiger partial charge in [0.25, 0.3) is 0 Å². The maximum atomic E-state index is 12.8. The molecule has 9 heteroatoms. The van der Waals surface area contributed by atoms with Crippen LogP contribution in [0.25, 0.3) is 5.13 Å². The summed E-state index contributed by atoms with van der Waals surface area (Å²) in [5, 5.41) is 14.3. The molecule has 0 bridgehead atoms. The van der Waals surface area contributed by atoms with Crippen LogP contribution in [0.15, 0.2) is 51.8 Å². The highest BCUT2D eigenvalue weighted by Crippen LogP contribution is 2.34. The van der Waals surface area contributed by atoms with Gasteiger partial charge in [0.2, 0.25) is 15.0 Å². The van der Waals surface area contributed by atoms with Crippen LogP contribution in [0.1, 0.15) is 19.4 Å². The van der Waals surface area contributed by atoms with Crippen LogP contribution in [0.2, 0.25) is 5.15 Å². The molecule has 24 heavy (non-hydrogen) atoms. The second-order valence-electron chi connectivity index (χ2n) is 5.61. The first-order valence-electron chi connectivity index (χ1n) is 6.94. The number of aromatic nitrogens is 3. The van der Waals surface area contributed by atoms with Crippen LogP contribution >= 0.6 is 22.9 Å². The van der Waals surface area contributed by atoms with Gasteiger partial charge in [0.1, 0.15) is 0 Å². The molecular formula is C15H14ClN3O3S2. The summed E-state index contributed by atoms with van der Waals surface area (Å²) in [7, 11) is -3.80. The van der Waals surface area contributed by atoms with Gasteiger partial charge in [-0.25, -0.2) is 18.1 Å². The number of thiazole rings is 1. The van der Waals surface area contributed by atoms with Crippen LogP contribution in [0.4, 0.5) is 0 Å². The average Bonchev–Trinajstić information content (AvgIpc) is 3.15. The molecule has 0 saturated carbocycles. The van der Waals surface area contributed by atoms with E-state index < -0.39 is 15.4 Å². The van der Waals surface area contributed by atoms with E-state index in [2.05, 4.69) is 10.1 Å². The Balaban J connectivity index is 2.02. The second-order valence-corrected chi connectivity index (χ2v) is 9.09. The molecule has 0 amide bonds. The number of nitrogens with zero attached hydrogens (tertiary/aromatic N) is 3. The number of benzene rings is 1. The molecule has 1 aromatic carbocycles. The van der Waals surface area contributed by atoms with Crippen LogP contribution < -0.4 is 0 Å². The Morgan fingerprint density at radius 1 is 1.25 bits per heavy atom. The lowest BCUT2D eigenvalue weighted by molar-refractivity contribution is 0.0785. The Morgan fingerprint density at radius 2 is 1.92 bits per heavy atom. The summed E-state index contributed by atoms with van der Waals surface area (Å²) in [4.78, 5) is 4.16. The normalized spacial score (nSPS) is 12.5. The van der Waals surface area contributed by atoms with Crippen LogP contribution in [0.5, 0.6) is 0 Å². The molecule has 126 valence electrons. The maximum Gasteiger partial charge on any atom is 0.219 e.